The van der Waals surface area contributed by atoms with Gasteiger partial charge in [0.05, 0.1) is 17.0 Å². The molecule has 2 fully saturated rings. The second kappa shape index (κ2) is 6.04. The molecule has 0 spiro atoms. The van der Waals surface area contributed by atoms with Crippen molar-refractivity contribution >= 4 is 6.09 Å². The molecule has 25 heavy (non-hydrogen) atoms. The molecule has 0 radical (unpaired) electrons. The van der Waals surface area contributed by atoms with Crippen LogP contribution >= 0.6 is 0 Å². The van der Waals surface area contributed by atoms with E-state index in [0.29, 0.717) is 18.4 Å². The van der Waals surface area contributed by atoms with Gasteiger partial charge in [0.1, 0.15) is 11.7 Å². The van der Waals surface area contributed by atoms with E-state index in [1.807, 2.05) is 25.7 Å². The molecule has 6 heteroatoms. The van der Waals surface area contributed by atoms with E-state index in [4.69, 9.17) is 10.00 Å². The van der Waals surface area contributed by atoms with Gasteiger partial charge in [-0.25, -0.2) is 4.79 Å². The highest BCUT2D eigenvalue weighted by Crippen LogP contribution is 2.47. The Morgan fingerprint density at radius 1 is 1.28 bits per heavy atom. The van der Waals surface area contributed by atoms with Crippen molar-refractivity contribution in [2.75, 3.05) is 0 Å². The lowest BCUT2D eigenvalue weighted by Crippen LogP contribution is -2.52. The Bertz CT molecular complexity index is 755. The highest BCUT2D eigenvalue weighted by molar-refractivity contribution is 5.70. The van der Waals surface area contributed by atoms with E-state index in [9.17, 15) is 10.1 Å². The summed E-state index contributed by atoms with van der Waals surface area (Å²) in [6, 6.07) is 6.27. The van der Waals surface area contributed by atoms with Crippen LogP contribution in [-0.2, 0) is 10.2 Å². The fraction of sp³-hybridized carbons (Fsp3) is 0.579. The number of ether oxygens (including phenoxy) is 1. The van der Waals surface area contributed by atoms with Crippen molar-refractivity contribution in [3.8, 4) is 12.1 Å². The average Bonchev–Trinajstić information content (AvgIpc) is 2.85. The first kappa shape index (κ1) is 17.2. The molecule has 0 aliphatic carbocycles. The largest absolute Gasteiger partial charge is 0.444 e. The molecule has 2 aliphatic rings. The van der Waals surface area contributed by atoms with Gasteiger partial charge in [-0.15, -0.1) is 0 Å². The van der Waals surface area contributed by atoms with E-state index in [-0.39, 0.29) is 18.2 Å². The third-order valence-electron chi connectivity index (χ3n) is 5.03. The second-order valence-corrected chi connectivity index (χ2v) is 7.95. The molecule has 0 N–H and O–H groups in total. The van der Waals surface area contributed by atoms with Gasteiger partial charge in [-0.2, -0.15) is 10.5 Å². The minimum Gasteiger partial charge on any atom is -0.444 e. The number of carbonyl (C=O) groups is 1. The standard InChI is InChI=1S/C19H22N4O2/c1-18(2,3)25-17(24)23-15-4-5-16(23)8-19(7-15,12-21)14-6-13(9-20)10-22-11-14/h6,10-11,15-16H,4-5,7-8H2,1-3H3. The van der Waals surface area contributed by atoms with E-state index < -0.39 is 11.0 Å². The molecule has 1 aromatic heterocycles. The summed E-state index contributed by atoms with van der Waals surface area (Å²) in [4.78, 5) is 18.5. The molecule has 2 bridgehead atoms. The molecule has 2 aliphatic heterocycles. The molecule has 6 nitrogen and oxygen atoms in total. The molecule has 2 atom stereocenters. The highest BCUT2D eigenvalue weighted by Gasteiger charge is 2.52. The van der Waals surface area contributed by atoms with E-state index in [1.165, 1.54) is 6.20 Å². The van der Waals surface area contributed by atoms with Crippen molar-refractivity contribution in [1.29, 1.82) is 10.5 Å². The number of nitriles is 2. The Labute approximate surface area is 148 Å². The fourth-order valence-corrected chi connectivity index (χ4v) is 4.02. The molecule has 2 saturated heterocycles. The predicted octanol–water partition coefficient (Wildman–Crippen LogP) is 3.28. The van der Waals surface area contributed by atoms with Crippen LogP contribution in [0.25, 0.3) is 0 Å². The van der Waals surface area contributed by atoms with E-state index >= 15 is 0 Å². The number of pyridine rings is 1. The van der Waals surface area contributed by atoms with Crippen molar-refractivity contribution in [1.82, 2.24) is 9.88 Å². The maximum Gasteiger partial charge on any atom is 0.410 e. The smallest absolute Gasteiger partial charge is 0.410 e. The maximum absolute atomic E-state index is 12.6. The summed E-state index contributed by atoms with van der Waals surface area (Å²) in [5.41, 5.74) is -0.0148. The molecule has 3 heterocycles. The molecule has 130 valence electrons. The minimum absolute atomic E-state index is 0.0148. The quantitative estimate of drug-likeness (QED) is 0.784. The van der Waals surface area contributed by atoms with Crippen molar-refractivity contribution in [2.45, 2.75) is 69.6 Å². The van der Waals surface area contributed by atoms with Crippen molar-refractivity contribution in [3.63, 3.8) is 0 Å². The van der Waals surface area contributed by atoms with Crippen LogP contribution in [0.3, 0.4) is 0 Å². The second-order valence-electron chi connectivity index (χ2n) is 7.95. The third-order valence-corrected chi connectivity index (χ3v) is 5.03. The van der Waals surface area contributed by atoms with Crippen LogP contribution in [0.15, 0.2) is 18.5 Å². The molecule has 0 aromatic carbocycles. The van der Waals surface area contributed by atoms with Gasteiger partial charge < -0.3 is 9.64 Å². The van der Waals surface area contributed by atoms with Gasteiger partial charge in [0.25, 0.3) is 0 Å². The molecule has 0 saturated carbocycles. The van der Waals surface area contributed by atoms with E-state index in [1.54, 1.807) is 12.3 Å². The normalized spacial score (nSPS) is 28.1. The molecular weight excluding hydrogens is 316 g/mol. The van der Waals surface area contributed by atoms with Gasteiger partial charge in [0, 0.05) is 24.5 Å². The van der Waals surface area contributed by atoms with Gasteiger partial charge in [-0.05, 0) is 58.1 Å². The lowest BCUT2D eigenvalue weighted by Gasteiger charge is -2.43. The number of carbonyl (C=O) groups excluding carboxylic acids is 1. The minimum atomic E-state index is -0.704. The van der Waals surface area contributed by atoms with Gasteiger partial charge >= 0.3 is 6.09 Å². The number of rotatable bonds is 1. The first-order valence-electron chi connectivity index (χ1n) is 8.56. The lowest BCUT2D eigenvalue weighted by atomic mass is 9.71. The Hall–Kier alpha value is -2.60. The summed E-state index contributed by atoms with van der Waals surface area (Å²) in [5, 5.41) is 19.1. The van der Waals surface area contributed by atoms with Crippen molar-refractivity contribution < 1.29 is 9.53 Å². The summed E-state index contributed by atoms with van der Waals surface area (Å²) < 4.78 is 5.55. The average molecular weight is 338 g/mol. The lowest BCUT2D eigenvalue weighted by molar-refractivity contribution is 0.00232. The first-order valence-corrected chi connectivity index (χ1v) is 8.56. The number of hydrogen-bond acceptors (Lipinski definition) is 5. The zero-order valence-electron chi connectivity index (χ0n) is 14.8. The monoisotopic (exact) mass is 338 g/mol. The Morgan fingerprint density at radius 2 is 1.92 bits per heavy atom. The van der Waals surface area contributed by atoms with Crippen LogP contribution in [0.2, 0.25) is 0 Å². The van der Waals surface area contributed by atoms with Crippen LogP contribution < -0.4 is 0 Å². The van der Waals surface area contributed by atoms with Crippen LogP contribution in [0.4, 0.5) is 4.79 Å². The van der Waals surface area contributed by atoms with Crippen LogP contribution in [0.5, 0.6) is 0 Å². The Kier molecular flexibility index (Phi) is 4.16. The molecular formula is C19H22N4O2. The Morgan fingerprint density at radius 3 is 2.44 bits per heavy atom. The predicted molar refractivity (Wildman–Crippen MR) is 90.4 cm³/mol. The number of piperidine rings is 1. The number of nitrogens with zero attached hydrogens (tertiary/aromatic N) is 4. The van der Waals surface area contributed by atoms with Crippen molar-refractivity contribution in [3.05, 3.63) is 29.6 Å². The van der Waals surface area contributed by atoms with Crippen LogP contribution in [0, 0.1) is 22.7 Å². The third kappa shape index (κ3) is 3.17. The summed E-state index contributed by atoms with van der Waals surface area (Å²) in [6.07, 6.45) is 5.73. The number of amides is 1. The van der Waals surface area contributed by atoms with Gasteiger partial charge in [0.15, 0.2) is 0 Å². The number of aromatic nitrogens is 1. The zero-order chi connectivity index (χ0) is 18.2. The summed E-state index contributed by atoms with van der Waals surface area (Å²) in [5.74, 6) is 0. The Balaban J connectivity index is 1.88. The maximum atomic E-state index is 12.6. The molecule has 1 aromatic rings. The zero-order valence-corrected chi connectivity index (χ0v) is 14.8. The summed E-state index contributed by atoms with van der Waals surface area (Å²) in [6.45, 7) is 5.57. The van der Waals surface area contributed by atoms with Gasteiger partial charge in [-0.3, -0.25) is 4.98 Å². The first-order chi connectivity index (χ1) is 11.8. The van der Waals surface area contributed by atoms with E-state index in [2.05, 4.69) is 17.1 Å². The van der Waals surface area contributed by atoms with Gasteiger partial charge in [-0.1, -0.05) is 0 Å². The molecule has 2 unspecified atom stereocenters. The fourth-order valence-electron chi connectivity index (χ4n) is 4.02. The number of fused-ring (bicyclic) bond motifs is 2. The SMILES string of the molecule is CC(C)(C)OC(=O)N1C2CCC1CC(C#N)(c1cncc(C#N)c1)C2. The van der Waals surface area contributed by atoms with Gasteiger partial charge in [0.2, 0.25) is 0 Å². The highest BCUT2D eigenvalue weighted by atomic mass is 16.6. The number of hydrogen-bond donors (Lipinski definition) is 0. The summed E-state index contributed by atoms with van der Waals surface area (Å²) >= 11 is 0. The molecule has 1 amide bonds. The molecule has 3 rings (SSSR count). The van der Waals surface area contributed by atoms with Crippen LogP contribution in [-0.4, -0.2) is 33.7 Å². The van der Waals surface area contributed by atoms with Crippen LogP contribution in [0.1, 0.15) is 57.6 Å². The van der Waals surface area contributed by atoms with E-state index in [0.717, 1.165) is 18.4 Å². The summed E-state index contributed by atoms with van der Waals surface area (Å²) in [7, 11) is 0. The van der Waals surface area contributed by atoms with Crippen molar-refractivity contribution in [2.24, 2.45) is 0 Å². The topological polar surface area (TPSA) is 90.0 Å².